The second-order valence-corrected chi connectivity index (χ2v) is 7.43. The van der Waals surface area contributed by atoms with E-state index in [-0.39, 0.29) is 31.1 Å². The van der Waals surface area contributed by atoms with E-state index < -0.39 is 5.97 Å². The highest BCUT2D eigenvalue weighted by Crippen LogP contribution is 2.22. The van der Waals surface area contributed by atoms with Crippen LogP contribution in [-0.2, 0) is 20.7 Å². The Bertz CT molecular complexity index is 787. The molecule has 0 aliphatic heterocycles. The van der Waals surface area contributed by atoms with E-state index in [2.05, 4.69) is 5.32 Å². The van der Waals surface area contributed by atoms with Crippen LogP contribution in [0.2, 0.25) is 4.34 Å². The van der Waals surface area contributed by atoms with E-state index in [9.17, 15) is 14.4 Å². The van der Waals surface area contributed by atoms with E-state index in [0.29, 0.717) is 22.2 Å². The van der Waals surface area contributed by atoms with Crippen LogP contribution >= 0.6 is 22.9 Å². The maximum absolute atomic E-state index is 11.9. The Morgan fingerprint density at radius 1 is 1.12 bits per heavy atom. The number of nitrogens with one attached hydrogen (secondary N) is 1. The van der Waals surface area contributed by atoms with Gasteiger partial charge in [0.05, 0.1) is 15.6 Å². The zero-order chi connectivity index (χ0) is 18.9. The highest BCUT2D eigenvalue weighted by molar-refractivity contribution is 7.18. The SMILES string of the molecule is Cc1ccccc1CCNC(=O)COC(=O)CCC(=O)c1ccc(Cl)s1. The number of amides is 1. The van der Waals surface area contributed by atoms with Gasteiger partial charge in [-0.05, 0) is 36.6 Å². The van der Waals surface area contributed by atoms with Crippen molar-refractivity contribution in [1.82, 2.24) is 5.32 Å². The predicted molar refractivity (Wildman–Crippen MR) is 102 cm³/mol. The number of hydrogen-bond acceptors (Lipinski definition) is 5. The van der Waals surface area contributed by atoms with E-state index in [1.165, 1.54) is 16.9 Å². The monoisotopic (exact) mass is 393 g/mol. The molecule has 1 aromatic carbocycles. The number of ketones is 1. The molecule has 0 fully saturated rings. The molecule has 5 nitrogen and oxygen atoms in total. The van der Waals surface area contributed by atoms with Crippen molar-refractivity contribution in [2.24, 2.45) is 0 Å². The first kappa shape index (κ1) is 20.1. The van der Waals surface area contributed by atoms with Crippen LogP contribution in [0.4, 0.5) is 0 Å². The van der Waals surface area contributed by atoms with Crippen LogP contribution in [0, 0.1) is 6.92 Å². The van der Waals surface area contributed by atoms with Crippen molar-refractivity contribution in [3.05, 3.63) is 56.7 Å². The first-order valence-corrected chi connectivity index (χ1v) is 9.40. The number of rotatable bonds is 9. The standard InChI is InChI=1S/C19H20ClNO4S/c1-13-4-2-3-5-14(13)10-11-21-18(23)12-25-19(24)9-6-15(22)16-7-8-17(20)26-16/h2-5,7-8H,6,9-12H2,1H3,(H,21,23). The molecule has 0 bridgehead atoms. The minimum Gasteiger partial charge on any atom is -0.456 e. The fraction of sp³-hybridized carbons (Fsp3) is 0.316. The van der Waals surface area contributed by atoms with Crippen LogP contribution in [0.5, 0.6) is 0 Å². The van der Waals surface area contributed by atoms with Gasteiger partial charge < -0.3 is 10.1 Å². The second-order valence-electron chi connectivity index (χ2n) is 5.71. The number of hydrogen-bond donors (Lipinski definition) is 1. The number of thiophene rings is 1. The summed E-state index contributed by atoms with van der Waals surface area (Å²) in [6, 6.07) is 11.2. The third-order valence-corrected chi connectivity index (χ3v) is 5.02. The lowest BCUT2D eigenvalue weighted by atomic mass is 10.1. The van der Waals surface area contributed by atoms with Crippen LogP contribution < -0.4 is 5.32 Å². The lowest BCUT2D eigenvalue weighted by Gasteiger charge is -2.08. The van der Waals surface area contributed by atoms with Gasteiger partial charge in [-0.3, -0.25) is 14.4 Å². The van der Waals surface area contributed by atoms with Crippen molar-refractivity contribution in [2.75, 3.05) is 13.2 Å². The first-order valence-electron chi connectivity index (χ1n) is 8.21. The third-order valence-electron chi connectivity index (χ3n) is 3.75. The Hall–Kier alpha value is -2.18. The summed E-state index contributed by atoms with van der Waals surface area (Å²) >= 11 is 6.94. The summed E-state index contributed by atoms with van der Waals surface area (Å²) in [7, 11) is 0. The molecule has 1 amide bonds. The largest absolute Gasteiger partial charge is 0.456 e. The summed E-state index contributed by atoms with van der Waals surface area (Å²) in [6.07, 6.45) is 0.680. The van der Waals surface area contributed by atoms with E-state index in [1.54, 1.807) is 12.1 Å². The summed E-state index contributed by atoms with van der Waals surface area (Å²) in [5, 5.41) is 2.71. The summed E-state index contributed by atoms with van der Waals surface area (Å²) in [4.78, 5) is 35.7. The molecule has 0 atom stereocenters. The number of esters is 1. The minimum absolute atomic E-state index is 0.0323. The predicted octanol–water partition coefficient (Wildman–Crippen LogP) is 3.57. The molecule has 1 heterocycles. The molecule has 2 aromatic rings. The average Bonchev–Trinajstić information content (AvgIpc) is 3.06. The molecular formula is C19H20ClNO4S. The molecule has 138 valence electrons. The van der Waals surface area contributed by atoms with Gasteiger partial charge >= 0.3 is 5.97 Å². The summed E-state index contributed by atoms with van der Waals surface area (Å²) < 4.78 is 5.42. The molecule has 1 aromatic heterocycles. The van der Waals surface area contributed by atoms with Crippen LogP contribution in [0.15, 0.2) is 36.4 Å². The van der Waals surface area contributed by atoms with Gasteiger partial charge in [0.25, 0.3) is 5.91 Å². The maximum atomic E-state index is 11.9. The van der Waals surface area contributed by atoms with Crippen molar-refractivity contribution < 1.29 is 19.1 Å². The van der Waals surface area contributed by atoms with Crippen LogP contribution in [0.3, 0.4) is 0 Å². The molecule has 0 aliphatic rings. The fourth-order valence-corrected chi connectivity index (χ4v) is 3.31. The van der Waals surface area contributed by atoms with Gasteiger partial charge in [-0.15, -0.1) is 11.3 Å². The summed E-state index contributed by atoms with van der Waals surface area (Å²) in [6.45, 7) is 2.15. The molecule has 0 aliphatic carbocycles. The molecule has 0 unspecified atom stereocenters. The molecule has 7 heteroatoms. The van der Waals surface area contributed by atoms with Crippen LogP contribution in [0.25, 0.3) is 0 Å². The van der Waals surface area contributed by atoms with Crippen molar-refractivity contribution in [2.45, 2.75) is 26.2 Å². The number of halogens is 1. The highest BCUT2D eigenvalue weighted by Gasteiger charge is 2.13. The topological polar surface area (TPSA) is 72.5 Å². The Morgan fingerprint density at radius 2 is 1.88 bits per heavy atom. The van der Waals surface area contributed by atoms with Gasteiger partial charge in [0.2, 0.25) is 0 Å². The van der Waals surface area contributed by atoms with Gasteiger partial charge in [0.15, 0.2) is 12.4 Å². The molecule has 2 rings (SSSR count). The first-order chi connectivity index (χ1) is 12.5. The average molecular weight is 394 g/mol. The molecule has 0 saturated heterocycles. The molecule has 0 radical (unpaired) electrons. The summed E-state index contributed by atoms with van der Waals surface area (Å²) in [5.41, 5.74) is 2.34. The molecule has 26 heavy (non-hydrogen) atoms. The molecule has 1 N–H and O–H groups in total. The smallest absolute Gasteiger partial charge is 0.306 e. The zero-order valence-corrected chi connectivity index (χ0v) is 16.0. The van der Waals surface area contributed by atoms with E-state index in [1.807, 2.05) is 31.2 Å². The van der Waals surface area contributed by atoms with Crippen molar-refractivity contribution in [3.8, 4) is 0 Å². The van der Waals surface area contributed by atoms with E-state index in [0.717, 1.165) is 5.56 Å². The number of aryl methyl sites for hydroxylation is 1. The van der Waals surface area contributed by atoms with Gasteiger partial charge in [-0.1, -0.05) is 35.9 Å². The number of Topliss-reactive ketones (excluding diaryl/α,β-unsaturated/α-hetero) is 1. The fourth-order valence-electron chi connectivity index (χ4n) is 2.30. The molecule has 0 spiro atoms. The van der Waals surface area contributed by atoms with Crippen LogP contribution in [-0.4, -0.2) is 30.8 Å². The highest BCUT2D eigenvalue weighted by atomic mass is 35.5. The maximum Gasteiger partial charge on any atom is 0.306 e. The molecule has 0 saturated carbocycles. The van der Waals surface area contributed by atoms with E-state index >= 15 is 0 Å². The van der Waals surface area contributed by atoms with Crippen molar-refractivity contribution >= 4 is 40.6 Å². The van der Waals surface area contributed by atoms with Crippen molar-refractivity contribution in [3.63, 3.8) is 0 Å². The van der Waals surface area contributed by atoms with Gasteiger partial charge in [-0.25, -0.2) is 0 Å². The van der Waals surface area contributed by atoms with Gasteiger partial charge in [0, 0.05) is 13.0 Å². The lowest BCUT2D eigenvalue weighted by Crippen LogP contribution is -2.30. The number of ether oxygens (including phenoxy) is 1. The van der Waals surface area contributed by atoms with Crippen LogP contribution in [0.1, 0.15) is 33.6 Å². The Kier molecular flexibility index (Phi) is 7.81. The van der Waals surface area contributed by atoms with Gasteiger partial charge in [-0.2, -0.15) is 0 Å². The number of carbonyl (C=O) groups is 3. The Morgan fingerprint density at radius 3 is 2.58 bits per heavy atom. The second kappa shape index (κ2) is 10.1. The third kappa shape index (κ3) is 6.61. The Labute approximate surface area is 161 Å². The molecular weight excluding hydrogens is 374 g/mol. The number of carbonyl (C=O) groups excluding carboxylic acids is 3. The Balaban J connectivity index is 1.61. The van der Waals surface area contributed by atoms with Gasteiger partial charge in [0.1, 0.15) is 0 Å². The lowest BCUT2D eigenvalue weighted by molar-refractivity contribution is -0.148. The van der Waals surface area contributed by atoms with E-state index in [4.69, 9.17) is 16.3 Å². The van der Waals surface area contributed by atoms with Crippen molar-refractivity contribution in [1.29, 1.82) is 0 Å². The summed E-state index contributed by atoms with van der Waals surface area (Å²) in [5.74, 6) is -1.10. The normalized spacial score (nSPS) is 10.4. The minimum atomic E-state index is -0.574. The zero-order valence-electron chi connectivity index (χ0n) is 14.4. The number of benzene rings is 1. The quantitative estimate of drug-likeness (QED) is 0.522.